The van der Waals surface area contributed by atoms with E-state index in [4.69, 9.17) is 9.72 Å². The Morgan fingerprint density at radius 1 is 1.15 bits per heavy atom. The molecule has 5 heteroatoms. The van der Waals surface area contributed by atoms with Gasteiger partial charge in [-0.1, -0.05) is 42.5 Å². The quantitative estimate of drug-likeness (QED) is 0.744. The average Bonchev–Trinajstić information content (AvgIpc) is 3.32. The van der Waals surface area contributed by atoms with Crippen molar-refractivity contribution in [3.8, 4) is 0 Å². The highest BCUT2D eigenvalue weighted by atomic mass is 16.5. The number of amides is 1. The molecule has 1 fully saturated rings. The van der Waals surface area contributed by atoms with Crippen molar-refractivity contribution in [2.24, 2.45) is 0 Å². The Morgan fingerprint density at radius 2 is 1.96 bits per heavy atom. The summed E-state index contributed by atoms with van der Waals surface area (Å²) in [5.74, 6) is 0.982. The van der Waals surface area contributed by atoms with E-state index >= 15 is 0 Å². The minimum atomic E-state index is -0.280. The molecule has 2 aromatic carbocycles. The molecule has 0 aliphatic carbocycles. The number of benzene rings is 2. The van der Waals surface area contributed by atoms with Crippen LogP contribution in [0.15, 0.2) is 54.6 Å². The maximum atomic E-state index is 12.1. The molecule has 2 heterocycles. The van der Waals surface area contributed by atoms with Crippen LogP contribution in [-0.2, 0) is 22.5 Å². The monoisotopic (exact) mass is 349 g/mol. The van der Waals surface area contributed by atoms with Crippen molar-refractivity contribution in [2.75, 3.05) is 13.2 Å². The van der Waals surface area contributed by atoms with Gasteiger partial charge in [0, 0.05) is 26.1 Å². The van der Waals surface area contributed by atoms with Gasteiger partial charge in [-0.05, 0) is 30.5 Å². The van der Waals surface area contributed by atoms with Crippen molar-refractivity contribution in [3.05, 3.63) is 66.0 Å². The number of nitrogens with zero attached hydrogens (tertiary/aromatic N) is 2. The van der Waals surface area contributed by atoms with Gasteiger partial charge in [-0.25, -0.2) is 4.98 Å². The number of hydrogen-bond donors (Lipinski definition) is 1. The largest absolute Gasteiger partial charge is 0.368 e. The average molecular weight is 349 g/mol. The number of imidazole rings is 1. The Hall–Kier alpha value is -2.66. The molecule has 3 aromatic rings. The summed E-state index contributed by atoms with van der Waals surface area (Å²) >= 11 is 0. The molecular formula is C21H23N3O2. The fourth-order valence-electron chi connectivity index (χ4n) is 3.45. The molecule has 0 bridgehead atoms. The summed E-state index contributed by atoms with van der Waals surface area (Å²) in [7, 11) is 0. The van der Waals surface area contributed by atoms with Crippen LogP contribution in [0.25, 0.3) is 11.0 Å². The van der Waals surface area contributed by atoms with Crippen LogP contribution in [0.5, 0.6) is 0 Å². The summed E-state index contributed by atoms with van der Waals surface area (Å²) in [6.45, 7) is 2.03. The van der Waals surface area contributed by atoms with Gasteiger partial charge in [0.15, 0.2) is 0 Å². The van der Waals surface area contributed by atoms with E-state index in [9.17, 15) is 4.79 Å². The molecule has 0 radical (unpaired) electrons. The van der Waals surface area contributed by atoms with E-state index in [0.29, 0.717) is 19.6 Å². The maximum Gasteiger partial charge on any atom is 0.249 e. The zero-order chi connectivity index (χ0) is 17.8. The zero-order valence-electron chi connectivity index (χ0n) is 14.7. The van der Waals surface area contributed by atoms with Gasteiger partial charge in [-0.3, -0.25) is 4.79 Å². The number of carbonyl (C=O) groups is 1. The summed E-state index contributed by atoms with van der Waals surface area (Å²) in [5.41, 5.74) is 3.35. The second kappa shape index (κ2) is 7.70. The number of carbonyl (C=O) groups excluding carboxylic acids is 1. The number of nitrogens with one attached hydrogen (secondary N) is 1. The third-order valence-electron chi connectivity index (χ3n) is 4.79. The zero-order valence-corrected chi connectivity index (χ0v) is 14.7. The van der Waals surface area contributed by atoms with Gasteiger partial charge in [0.05, 0.1) is 11.0 Å². The van der Waals surface area contributed by atoms with Crippen molar-refractivity contribution >= 4 is 16.9 Å². The molecule has 134 valence electrons. The maximum absolute atomic E-state index is 12.1. The van der Waals surface area contributed by atoms with E-state index in [1.807, 2.05) is 24.3 Å². The van der Waals surface area contributed by atoms with Gasteiger partial charge in [0.1, 0.15) is 11.9 Å². The lowest BCUT2D eigenvalue weighted by atomic mass is 10.2. The van der Waals surface area contributed by atoms with Gasteiger partial charge >= 0.3 is 0 Å². The van der Waals surface area contributed by atoms with E-state index in [1.165, 1.54) is 5.56 Å². The molecule has 1 N–H and O–H groups in total. The first-order valence-electron chi connectivity index (χ1n) is 9.18. The normalized spacial score (nSPS) is 16.8. The summed E-state index contributed by atoms with van der Waals surface area (Å²) in [6, 6.07) is 18.5. The predicted octanol–water partition coefficient (Wildman–Crippen LogP) is 2.92. The molecule has 4 rings (SSSR count). The Morgan fingerprint density at radius 3 is 2.77 bits per heavy atom. The van der Waals surface area contributed by atoms with Crippen LogP contribution < -0.4 is 5.32 Å². The standard InChI is InChI=1S/C21H23N3O2/c25-21(19-11-6-14-26-19)22-13-12-20-23-17-9-4-5-10-18(17)24(20)15-16-7-2-1-3-8-16/h1-5,7-10,19H,6,11-15H2,(H,22,25). The van der Waals surface area contributed by atoms with Gasteiger partial charge in [-0.2, -0.15) is 0 Å². The minimum absolute atomic E-state index is 0.00628. The van der Waals surface area contributed by atoms with E-state index in [0.717, 1.165) is 36.2 Å². The number of rotatable bonds is 6. The number of aromatic nitrogens is 2. The van der Waals surface area contributed by atoms with Crippen molar-refractivity contribution in [3.63, 3.8) is 0 Å². The summed E-state index contributed by atoms with van der Waals surface area (Å²) in [4.78, 5) is 16.9. The van der Waals surface area contributed by atoms with E-state index in [-0.39, 0.29) is 12.0 Å². The number of hydrogen-bond acceptors (Lipinski definition) is 3. The summed E-state index contributed by atoms with van der Waals surface area (Å²) < 4.78 is 7.67. The van der Waals surface area contributed by atoms with Crippen LogP contribution in [0.2, 0.25) is 0 Å². The Bertz CT molecular complexity index is 883. The molecule has 0 saturated carbocycles. The molecular weight excluding hydrogens is 326 g/mol. The smallest absolute Gasteiger partial charge is 0.249 e. The second-order valence-electron chi connectivity index (χ2n) is 6.63. The SMILES string of the molecule is O=C(NCCc1nc2ccccc2n1Cc1ccccc1)C1CCCO1. The van der Waals surface area contributed by atoms with Crippen LogP contribution in [-0.4, -0.2) is 34.7 Å². The van der Waals surface area contributed by atoms with Crippen LogP contribution in [0.4, 0.5) is 0 Å². The topological polar surface area (TPSA) is 56.2 Å². The third-order valence-corrected chi connectivity index (χ3v) is 4.79. The molecule has 0 spiro atoms. The van der Waals surface area contributed by atoms with Crippen molar-refractivity contribution in [2.45, 2.75) is 31.9 Å². The van der Waals surface area contributed by atoms with Crippen LogP contribution in [0.1, 0.15) is 24.2 Å². The fraction of sp³-hybridized carbons (Fsp3) is 0.333. The molecule has 1 aliphatic rings. The first-order chi connectivity index (χ1) is 12.8. The lowest BCUT2D eigenvalue weighted by molar-refractivity contribution is -0.130. The number of ether oxygens (including phenoxy) is 1. The Balaban J connectivity index is 1.50. The van der Waals surface area contributed by atoms with Crippen molar-refractivity contribution in [1.29, 1.82) is 0 Å². The second-order valence-corrected chi connectivity index (χ2v) is 6.63. The summed E-state index contributed by atoms with van der Waals surface area (Å²) in [6.07, 6.45) is 2.20. The minimum Gasteiger partial charge on any atom is -0.368 e. The highest BCUT2D eigenvalue weighted by Gasteiger charge is 2.23. The van der Waals surface area contributed by atoms with Gasteiger partial charge in [0.2, 0.25) is 5.91 Å². The van der Waals surface area contributed by atoms with E-state index in [2.05, 4.69) is 40.2 Å². The molecule has 1 aliphatic heterocycles. The highest BCUT2D eigenvalue weighted by molar-refractivity contribution is 5.81. The lowest BCUT2D eigenvalue weighted by Gasteiger charge is -2.12. The van der Waals surface area contributed by atoms with Gasteiger partial charge in [-0.15, -0.1) is 0 Å². The molecule has 1 amide bonds. The Labute approximate surface area is 153 Å². The lowest BCUT2D eigenvalue weighted by Crippen LogP contribution is -2.35. The molecule has 1 atom stereocenters. The molecule has 1 saturated heterocycles. The van der Waals surface area contributed by atoms with Crippen LogP contribution in [0, 0.1) is 0 Å². The van der Waals surface area contributed by atoms with Gasteiger partial charge in [0.25, 0.3) is 0 Å². The van der Waals surface area contributed by atoms with Crippen molar-refractivity contribution in [1.82, 2.24) is 14.9 Å². The highest BCUT2D eigenvalue weighted by Crippen LogP contribution is 2.18. The third kappa shape index (κ3) is 3.63. The molecule has 1 aromatic heterocycles. The molecule has 1 unspecified atom stereocenters. The number of para-hydroxylation sites is 2. The predicted molar refractivity (Wildman–Crippen MR) is 101 cm³/mol. The fourth-order valence-corrected chi connectivity index (χ4v) is 3.45. The van der Waals surface area contributed by atoms with Crippen LogP contribution in [0.3, 0.4) is 0 Å². The van der Waals surface area contributed by atoms with E-state index in [1.54, 1.807) is 0 Å². The van der Waals surface area contributed by atoms with Gasteiger partial charge < -0.3 is 14.6 Å². The molecule has 26 heavy (non-hydrogen) atoms. The van der Waals surface area contributed by atoms with Crippen LogP contribution >= 0.6 is 0 Å². The number of fused-ring (bicyclic) bond motifs is 1. The first-order valence-corrected chi connectivity index (χ1v) is 9.18. The van der Waals surface area contributed by atoms with E-state index < -0.39 is 0 Å². The summed E-state index contributed by atoms with van der Waals surface area (Å²) in [5, 5.41) is 2.99. The Kier molecular flexibility index (Phi) is 4.97. The van der Waals surface area contributed by atoms with Crippen molar-refractivity contribution < 1.29 is 9.53 Å². The molecule has 5 nitrogen and oxygen atoms in total. The first kappa shape index (κ1) is 16.8.